The van der Waals surface area contributed by atoms with E-state index in [1.165, 1.54) is 31.7 Å². The molecule has 1 aromatic carbocycles. The number of hydrogen-bond acceptors (Lipinski definition) is 3. The van der Waals surface area contributed by atoms with Crippen LogP contribution in [0.2, 0.25) is 0 Å². The first-order chi connectivity index (χ1) is 9.57. The number of hydrazine groups is 1. The van der Waals surface area contributed by atoms with Crippen molar-refractivity contribution in [2.45, 2.75) is 51.1 Å². The zero-order valence-electron chi connectivity index (χ0n) is 12.5. The molecule has 1 aromatic rings. The molecule has 1 aliphatic heterocycles. The van der Waals surface area contributed by atoms with E-state index in [4.69, 9.17) is 5.84 Å². The predicted molar refractivity (Wildman–Crippen MR) is 80.6 cm³/mol. The average Bonchev–Trinajstić information content (AvgIpc) is 2.71. The Hall–Kier alpha value is -0.970. The molecular formula is C16H26FN3. The lowest BCUT2D eigenvalue weighted by Crippen LogP contribution is -2.54. The van der Waals surface area contributed by atoms with Gasteiger partial charge in [-0.25, -0.2) is 4.39 Å². The van der Waals surface area contributed by atoms with Gasteiger partial charge in [-0.3, -0.25) is 16.2 Å². The van der Waals surface area contributed by atoms with Gasteiger partial charge in [-0.1, -0.05) is 31.0 Å². The van der Waals surface area contributed by atoms with Crippen molar-refractivity contribution in [3.8, 4) is 0 Å². The van der Waals surface area contributed by atoms with Gasteiger partial charge in [-0.05, 0) is 45.8 Å². The van der Waals surface area contributed by atoms with Crippen molar-refractivity contribution in [2.75, 3.05) is 13.1 Å². The van der Waals surface area contributed by atoms with Gasteiger partial charge in [-0.15, -0.1) is 0 Å². The molecule has 0 radical (unpaired) electrons. The largest absolute Gasteiger partial charge is 0.296 e. The average molecular weight is 279 g/mol. The van der Waals surface area contributed by atoms with Crippen molar-refractivity contribution in [1.29, 1.82) is 0 Å². The maximum absolute atomic E-state index is 14.1. The Labute approximate surface area is 121 Å². The van der Waals surface area contributed by atoms with E-state index in [1.54, 1.807) is 6.07 Å². The van der Waals surface area contributed by atoms with Crippen LogP contribution < -0.4 is 11.3 Å². The molecule has 3 N–H and O–H groups in total. The molecule has 1 saturated heterocycles. The molecule has 3 nitrogen and oxygen atoms in total. The van der Waals surface area contributed by atoms with E-state index >= 15 is 0 Å². The van der Waals surface area contributed by atoms with Crippen LogP contribution in [0, 0.1) is 5.82 Å². The second-order valence-electron chi connectivity index (χ2n) is 6.18. The van der Waals surface area contributed by atoms with Crippen LogP contribution in [0.4, 0.5) is 4.39 Å². The Bertz CT molecular complexity index is 425. The van der Waals surface area contributed by atoms with Crippen LogP contribution >= 0.6 is 0 Å². The number of nitrogens with one attached hydrogen (secondary N) is 1. The van der Waals surface area contributed by atoms with Gasteiger partial charge in [0.2, 0.25) is 0 Å². The summed E-state index contributed by atoms with van der Waals surface area (Å²) in [5.41, 5.74) is 3.26. The second-order valence-corrected chi connectivity index (χ2v) is 6.18. The van der Waals surface area contributed by atoms with E-state index in [1.807, 2.05) is 12.1 Å². The molecule has 4 heteroatoms. The first kappa shape index (κ1) is 15.4. The summed E-state index contributed by atoms with van der Waals surface area (Å²) < 4.78 is 14.1. The van der Waals surface area contributed by atoms with E-state index in [9.17, 15) is 4.39 Å². The molecule has 1 unspecified atom stereocenters. The molecule has 0 bridgehead atoms. The van der Waals surface area contributed by atoms with Crippen LogP contribution in [0.5, 0.6) is 0 Å². The molecule has 1 atom stereocenters. The van der Waals surface area contributed by atoms with E-state index in [0.717, 1.165) is 13.1 Å². The zero-order valence-corrected chi connectivity index (χ0v) is 12.5. The van der Waals surface area contributed by atoms with Crippen LogP contribution in [0.25, 0.3) is 0 Å². The van der Waals surface area contributed by atoms with E-state index in [-0.39, 0.29) is 17.4 Å². The van der Waals surface area contributed by atoms with Gasteiger partial charge in [0.05, 0.1) is 6.04 Å². The van der Waals surface area contributed by atoms with Crippen LogP contribution in [-0.2, 0) is 0 Å². The third-order valence-corrected chi connectivity index (χ3v) is 4.51. The van der Waals surface area contributed by atoms with Gasteiger partial charge < -0.3 is 0 Å². The van der Waals surface area contributed by atoms with Crippen molar-refractivity contribution < 1.29 is 4.39 Å². The monoisotopic (exact) mass is 279 g/mol. The van der Waals surface area contributed by atoms with Crippen LogP contribution in [0.15, 0.2) is 24.3 Å². The van der Waals surface area contributed by atoms with Crippen molar-refractivity contribution in [3.63, 3.8) is 0 Å². The van der Waals surface area contributed by atoms with Crippen molar-refractivity contribution in [1.82, 2.24) is 10.3 Å². The summed E-state index contributed by atoms with van der Waals surface area (Å²) in [4.78, 5) is 2.44. The third-order valence-electron chi connectivity index (χ3n) is 4.51. The second kappa shape index (κ2) is 6.66. The molecule has 0 aliphatic carbocycles. The SMILES string of the molecule is CC(C)(C(NN)c1ccccc1F)N1CCCCCC1. The smallest absolute Gasteiger partial charge is 0.128 e. The quantitative estimate of drug-likeness (QED) is 0.657. The highest BCUT2D eigenvalue weighted by molar-refractivity contribution is 5.24. The van der Waals surface area contributed by atoms with Crippen LogP contribution in [0.1, 0.15) is 51.1 Å². The van der Waals surface area contributed by atoms with E-state index in [2.05, 4.69) is 24.2 Å². The van der Waals surface area contributed by atoms with Crippen LogP contribution in [0.3, 0.4) is 0 Å². The molecule has 0 amide bonds. The van der Waals surface area contributed by atoms with Gasteiger partial charge >= 0.3 is 0 Å². The Balaban J connectivity index is 2.26. The van der Waals surface area contributed by atoms with Gasteiger partial charge in [-0.2, -0.15) is 0 Å². The molecule has 0 saturated carbocycles. The molecule has 1 aliphatic rings. The summed E-state index contributed by atoms with van der Waals surface area (Å²) in [5.74, 6) is 5.57. The number of hydrogen-bond donors (Lipinski definition) is 2. The summed E-state index contributed by atoms with van der Waals surface area (Å²) in [6.07, 6.45) is 4.98. The molecule has 1 fully saturated rings. The summed E-state index contributed by atoms with van der Waals surface area (Å²) in [5, 5.41) is 0. The van der Waals surface area contributed by atoms with Crippen LogP contribution in [-0.4, -0.2) is 23.5 Å². The Morgan fingerprint density at radius 3 is 2.30 bits per heavy atom. The number of rotatable bonds is 4. The summed E-state index contributed by atoms with van der Waals surface area (Å²) in [6.45, 7) is 6.41. The minimum atomic E-state index is -0.221. The first-order valence-corrected chi connectivity index (χ1v) is 7.53. The van der Waals surface area contributed by atoms with E-state index in [0.29, 0.717) is 5.56 Å². The number of halogens is 1. The lowest BCUT2D eigenvalue weighted by molar-refractivity contribution is 0.0820. The van der Waals surface area contributed by atoms with Crippen molar-refractivity contribution in [2.24, 2.45) is 5.84 Å². The van der Waals surface area contributed by atoms with Crippen molar-refractivity contribution >= 4 is 0 Å². The van der Waals surface area contributed by atoms with E-state index < -0.39 is 0 Å². The van der Waals surface area contributed by atoms with Crippen molar-refractivity contribution in [3.05, 3.63) is 35.6 Å². The Kier molecular flexibility index (Phi) is 5.13. The summed E-state index contributed by atoms with van der Waals surface area (Å²) in [6, 6.07) is 6.67. The molecule has 20 heavy (non-hydrogen) atoms. The molecule has 0 aromatic heterocycles. The number of nitrogens with two attached hydrogens (primary N) is 1. The molecular weight excluding hydrogens is 253 g/mol. The summed E-state index contributed by atoms with van der Waals surface area (Å²) >= 11 is 0. The molecule has 1 heterocycles. The molecule has 0 spiro atoms. The lowest BCUT2D eigenvalue weighted by Gasteiger charge is -2.44. The highest BCUT2D eigenvalue weighted by Crippen LogP contribution is 2.33. The zero-order chi connectivity index (χ0) is 14.6. The normalized spacial score (nSPS) is 19.6. The number of likely N-dealkylation sites (tertiary alicyclic amines) is 1. The molecule has 2 rings (SSSR count). The number of nitrogens with zero attached hydrogens (tertiary/aromatic N) is 1. The number of benzene rings is 1. The highest BCUT2D eigenvalue weighted by Gasteiger charge is 2.37. The fourth-order valence-electron chi connectivity index (χ4n) is 3.21. The Morgan fingerprint density at radius 2 is 1.75 bits per heavy atom. The van der Waals surface area contributed by atoms with Gasteiger partial charge in [0.1, 0.15) is 5.82 Å². The molecule has 112 valence electrons. The maximum Gasteiger partial charge on any atom is 0.128 e. The Morgan fingerprint density at radius 1 is 1.15 bits per heavy atom. The topological polar surface area (TPSA) is 41.3 Å². The predicted octanol–water partition coefficient (Wildman–Crippen LogP) is 2.98. The summed E-state index contributed by atoms with van der Waals surface area (Å²) in [7, 11) is 0. The lowest BCUT2D eigenvalue weighted by atomic mass is 9.86. The standard InChI is InChI=1S/C16H26FN3/c1-16(2,20-11-7-3-4-8-12-20)15(19-18)13-9-5-6-10-14(13)17/h5-6,9-10,15,19H,3-4,7-8,11-12,18H2,1-2H3. The fraction of sp³-hybridized carbons (Fsp3) is 0.625. The maximum atomic E-state index is 14.1. The highest BCUT2D eigenvalue weighted by atomic mass is 19.1. The van der Waals surface area contributed by atoms with Gasteiger partial charge in [0, 0.05) is 11.1 Å². The minimum Gasteiger partial charge on any atom is -0.296 e. The third kappa shape index (κ3) is 3.19. The first-order valence-electron chi connectivity index (χ1n) is 7.53. The van der Waals surface area contributed by atoms with Gasteiger partial charge in [0.15, 0.2) is 0 Å². The van der Waals surface area contributed by atoms with Gasteiger partial charge in [0.25, 0.3) is 0 Å². The minimum absolute atomic E-state index is 0.196. The fourth-order valence-corrected chi connectivity index (χ4v) is 3.21.